The number of hydrogen-bond acceptors (Lipinski definition) is 3. The van der Waals surface area contributed by atoms with Gasteiger partial charge in [-0.15, -0.1) is 0 Å². The second-order valence-electron chi connectivity index (χ2n) is 2.24. The van der Waals surface area contributed by atoms with Gasteiger partial charge in [0, 0.05) is 13.3 Å². The molecular weight excluding hydrogens is 226 g/mol. The number of aliphatic hydroxyl groups excluding tert-OH is 1. The van der Waals surface area contributed by atoms with E-state index in [-0.39, 0.29) is 0 Å². The van der Waals surface area contributed by atoms with Crippen molar-refractivity contribution >= 4 is 46.4 Å². The topological polar surface area (TPSA) is 54.4 Å². The Morgan fingerprint density at radius 1 is 1.42 bits per heavy atom. The van der Waals surface area contributed by atoms with Crippen molar-refractivity contribution in [2.45, 2.75) is 23.2 Å². The van der Waals surface area contributed by atoms with Crippen molar-refractivity contribution in [1.82, 2.24) is 0 Å². The lowest BCUT2D eigenvalue weighted by atomic mass is 10.1. The van der Waals surface area contributed by atoms with Crippen LogP contribution in [-0.2, 0) is 9.59 Å². The van der Waals surface area contributed by atoms with Crippen LogP contribution in [0.3, 0.4) is 0 Å². The zero-order chi connectivity index (χ0) is 9.94. The molecule has 70 valence electrons. The third kappa shape index (κ3) is 4.26. The number of halogens is 3. The zero-order valence-electron chi connectivity index (χ0n) is 6.18. The highest BCUT2D eigenvalue weighted by Crippen LogP contribution is 2.31. The van der Waals surface area contributed by atoms with Crippen molar-refractivity contribution < 1.29 is 14.7 Å². The van der Waals surface area contributed by atoms with Gasteiger partial charge in [-0.25, -0.2) is 0 Å². The van der Waals surface area contributed by atoms with E-state index in [0.29, 0.717) is 0 Å². The lowest BCUT2D eigenvalue weighted by Gasteiger charge is -2.16. The predicted molar refractivity (Wildman–Crippen MR) is 46.6 cm³/mol. The van der Waals surface area contributed by atoms with Crippen LogP contribution in [0.2, 0.25) is 0 Å². The molecule has 0 heterocycles. The minimum Gasteiger partial charge on any atom is -0.388 e. The monoisotopic (exact) mass is 232 g/mol. The van der Waals surface area contributed by atoms with Gasteiger partial charge in [0.15, 0.2) is 5.78 Å². The number of aliphatic hydroxyl groups is 1. The fraction of sp³-hybridized carbons (Fsp3) is 0.667. The van der Waals surface area contributed by atoms with Crippen molar-refractivity contribution in [1.29, 1.82) is 0 Å². The van der Waals surface area contributed by atoms with E-state index < -0.39 is 27.9 Å². The molecule has 0 bridgehead atoms. The Bertz CT molecular complexity index is 197. The van der Waals surface area contributed by atoms with Crippen LogP contribution in [0, 0.1) is 0 Å². The van der Waals surface area contributed by atoms with Crippen LogP contribution in [0.1, 0.15) is 13.3 Å². The van der Waals surface area contributed by atoms with Gasteiger partial charge in [-0.1, -0.05) is 34.8 Å². The Morgan fingerprint density at radius 3 is 2.08 bits per heavy atom. The van der Waals surface area contributed by atoms with E-state index in [9.17, 15) is 9.59 Å². The van der Waals surface area contributed by atoms with Crippen LogP contribution >= 0.6 is 34.8 Å². The highest BCUT2D eigenvalue weighted by Gasteiger charge is 2.33. The van der Waals surface area contributed by atoms with Gasteiger partial charge >= 0.3 is 0 Å². The first-order chi connectivity index (χ1) is 5.25. The maximum Gasteiger partial charge on any atom is 0.216 e. The smallest absolute Gasteiger partial charge is 0.216 e. The summed E-state index contributed by atoms with van der Waals surface area (Å²) in [4.78, 5) is 21.1. The average molecular weight is 233 g/mol. The summed E-state index contributed by atoms with van der Waals surface area (Å²) in [6, 6.07) is 0. The van der Waals surface area contributed by atoms with Gasteiger partial charge in [0.1, 0.15) is 6.10 Å². The highest BCUT2D eigenvalue weighted by molar-refractivity contribution is 6.68. The maximum atomic E-state index is 10.7. The molecule has 12 heavy (non-hydrogen) atoms. The number of alkyl halides is 3. The number of carbonyl (C=O) groups excluding carboxylic acids is 2. The first-order valence-electron chi connectivity index (χ1n) is 3.03. The molecule has 0 fully saturated rings. The van der Waals surface area contributed by atoms with Crippen molar-refractivity contribution in [2.24, 2.45) is 0 Å². The summed E-state index contributed by atoms with van der Waals surface area (Å²) in [6.07, 6.45) is -1.91. The molecule has 0 aliphatic carbocycles. The van der Waals surface area contributed by atoms with E-state index >= 15 is 0 Å². The molecule has 0 saturated carbocycles. The van der Waals surface area contributed by atoms with Gasteiger partial charge in [0.05, 0.1) is 0 Å². The summed E-state index contributed by atoms with van der Waals surface area (Å²) in [6.45, 7) is 1.09. The minimum atomic E-state index is -1.93. The Hall–Kier alpha value is 0.170. The van der Waals surface area contributed by atoms with Crippen LogP contribution in [0.15, 0.2) is 0 Å². The Balaban J connectivity index is 4.11. The molecule has 0 aliphatic heterocycles. The van der Waals surface area contributed by atoms with Crippen LogP contribution in [0.5, 0.6) is 0 Å². The van der Waals surface area contributed by atoms with Crippen LogP contribution in [0.25, 0.3) is 0 Å². The van der Waals surface area contributed by atoms with Gasteiger partial charge in [-0.3, -0.25) is 9.59 Å². The van der Waals surface area contributed by atoms with E-state index in [1.165, 1.54) is 0 Å². The van der Waals surface area contributed by atoms with Gasteiger partial charge in [-0.05, 0) is 0 Å². The van der Waals surface area contributed by atoms with E-state index in [1.54, 1.807) is 0 Å². The molecule has 0 aromatic heterocycles. The standard InChI is InChI=1S/C6H7Cl3O3/c1-3(10)4(11)2-5(12)6(7,8)9/h5,12H,2H2,1H3. The molecule has 0 radical (unpaired) electrons. The summed E-state index contributed by atoms with van der Waals surface area (Å²) in [7, 11) is 0. The van der Waals surface area contributed by atoms with E-state index in [0.717, 1.165) is 6.92 Å². The quantitative estimate of drug-likeness (QED) is 0.590. The summed E-state index contributed by atoms with van der Waals surface area (Å²) < 4.78 is -1.93. The summed E-state index contributed by atoms with van der Waals surface area (Å²) >= 11 is 15.7. The normalized spacial score (nSPS) is 14.1. The molecule has 0 saturated heterocycles. The van der Waals surface area contributed by atoms with Crippen LogP contribution in [-0.4, -0.2) is 26.6 Å². The second kappa shape index (κ2) is 4.42. The SMILES string of the molecule is CC(=O)C(=O)CC(O)C(Cl)(Cl)Cl. The molecule has 0 aliphatic rings. The van der Waals surface area contributed by atoms with Crippen molar-refractivity contribution in [3.63, 3.8) is 0 Å². The Kier molecular flexibility index (Phi) is 4.48. The highest BCUT2D eigenvalue weighted by atomic mass is 35.6. The van der Waals surface area contributed by atoms with E-state index in [1.807, 2.05) is 0 Å². The molecular formula is C6H7Cl3O3. The first-order valence-corrected chi connectivity index (χ1v) is 4.17. The number of hydrogen-bond donors (Lipinski definition) is 1. The molecule has 6 heteroatoms. The lowest BCUT2D eigenvalue weighted by Crippen LogP contribution is -2.29. The minimum absolute atomic E-state index is 0.466. The number of ketones is 2. The molecule has 0 rings (SSSR count). The fourth-order valence-corrected chi connectivity index (χ4v) is 0.667. The summed E-state index contributed by atoms with van der Waals surface area (Å²) in [5.74, 6) is -1.42. The van der Waals surface area contributed by atoms with Crippen molar-refractivity contribution in [2.75, 3.05) is 0 Å². The predicted octanol–water partition coefficient (Wildman–Crippen LogP) is 1.27. The molecule has 0 aromatic rings. The third-order valence-corrected chi connectivity index (χ3v) is 1.90. The van der Waals surface area contributed by atoms with Gasteiger partial charge < -0.3 is 5.11 Å². The maximum absolute atomic E-state index is 10.7. The average Bonchev–Trinajstić information content (AvgIpc) is 1.85. The van der Waals surface area contributed by atoms with Gasteiger partial charge in [0.25, 0.3) is 0 Å². The molecule has 0 amide bonds. The molecule has 1 unspecified atom stereocenters. The number of carbonyl (C=O) groups is 2. The summed E-state index contributed by atoms with van der Waals surface area (Å²) in [5, 5.41) is 9.04. The van der Waals surface area contributed by atoms with Gasteiger partial charge in [-0.2, -0.15) is 0 Å². The zero-order valence-corrected chi connectivity index (χ0v) is 8.45. The largest absolute Gasteiger partial charge is 0.388 e. The Labute approximate surface area is 84.6 Å². The number of Topliss-reactive ketones (excluding diaryl/α,β-unsaturated/α-hetero) is 2. The van der Waals surface area contributed by atoms with E-state index in [2.05, 4.69) is 0 Å². The lowest BCUT2D eigenvalue weighted by molar-refractivity contribution is -0.136. The Morgan fingerprint density at radius 2 is 1.83 bits per heavy atom. The van der Waals surface area contributed by atoms with Gasteiger partial charge in [0.2, 0.25) is 9.58 Å². The van der Waals surface area contributed by atoms with Crippen molar-refractivity contribution in [3.05, 3.63) is 0 Å². The molecule has 1 N–H and O–H groups in total. The fourth-order valence-electron chi connectivity index (χ4n) is 0.435. The van der Waals surface area contributed by atoms with Crippen molar-refractivity contribution in [3.8, 4) is 0 Å². The first kappa shape index (κ1) is 12.2. The van der Waals surface area contributed by atoms with Crippen LogP contribution in [0.4, 0.5) is 0 Å². The van der Waals surface area contributed by atoms with E-state index in [4.69, 9.17) is 39.9 Å². The second-order valence-corrected chi connectivity index (χ2v) is 4.61. The molecule has 0 spiro atoms. The molecule has 0 aromatic carbocycles. The molecule has 3 nitrogen and oxygen atoms in total. The number of rotatable bonds is 3. The third-order valence-electron chi connectivity index (χ3n) is 1.15. The molecule has 1 atom stereocenters. The summed E-state index contributed by atoms with van der Waals surface area (Å²) in [5.41, 5.74) is 0. The van der Waals surface area contributed by atoms with Crippen LogP contribution < -0.4 is 0 Å².